The van der Waals surface area contributed by atoms with E-state index in [-0.39, 0.29) is 5.37 Å². The molecule has 0 spiro atoms. The van der Waals surface area contributed by atoms with Crippen molar-refractivity contribution < 1.29 is 24.1 Å². The maximum atomic E-state index is 11.1. The van der Waals surface area contributed by atoms with Gasteiger partial charge in [0.25, 0.3) is 0 Å². The van der Waals surface area contributed by atoms with Crippen LogP contribution < -0.4 is 19.5 Å². The number of carboxylic acids is 1. The van der Waals surface area contributed by atoms with E-state index in [1.54, 1.807) is 6.07 Å². The molecule has 3 rings (SSSR count). The van der Waals surface area contributed by atoms with Crippen molar-refractivity contribution in [2.45, 2.75) is 11.4 Å². The molecule has 2 N–H and O–H groups in total. The molecule has 0 aliphatic carbocycles. The highest BCUT2D eigenvalue weighted by Gasteiger charge is 2.31. The van der Waals surface area contributed by atoms with Crippen LogP contribution in [0.15, 0.2) is 42.5 Å². The third-order valence-electron chi connectivity index (χ3n) is 3.98. The Morgan fingerprint density at radius 3 is 2.67 bits per heavy atom. The largest absolute Gasteiger partial charge is 0.493 e. The number of methoxy groups -OCH3 is 1. The fraction of sp³-hybridized carbons (Fsp3) is 0.316. The van der Waals surface area contributed by atoms with Crippen LogP contribution in [0.4, 0.5) is 0 Å². The molecule has 1 fully saturated rings. The summed E-state index contributed by atoms with van der Waals surface area (Å²) in [5.41, 5.74) is 0.846. The minimum absolute atomic E-state index is 0.159. The first-order chi connectivity index (χ1) is 13.1. The van der Waals surface area contributed by atoms with E-state index in [9.17, 15) is 4.79 Å². The van der Waals surface area contributed by atoms with E-state index in [2.05, 4.69) is 5.32 Å². The van der Waals surface area contributed by atoms with E-state index < -0.39 is 12.0 Å². The number of nitrogens with one attached hydrogen (secondary N) is 1. The number of aliphatic carboxylic acids is 1. The van der Waals surface area contributed by atoms with E-state index >= 15 is 0 Å². The predicted molar refractivity (Wildman–Crippen MR) is 105 cm³/mol. The molecule has 1 saturated heterocycles. The summed E-state index contributed by atoms with van der Waals surface area (Å²) in [6, 6.07) is 12.5. The van der Waals surface area contributed by atoms with Crippen LogP contribution in [0.1, 0.15) is 10.9 Å². The fourth-order valence-corrected chi connectivity index (χ4v) is 4.14. The van der Waals surface area contributed by atoms with Crippen LogP contribution in [0.3, 0.4) is 0 Å². The molecule has 6 nitrogen and oxygen atoms in total. The smallest absolute Gasteiger partial charge is 0.321 e. The van der Waals surface area contributed by atoms with Crippen molar-refractivity contribution in [3.63, 3.8) is 0 Å². The van der Waals surface area contributed by atoms with Crippen LogP contribution in [0.5, 0.6) is 17.2 Å². The molecule has 2 aromatic carbocycles. The van der Waals surface area contributed by atoms with Crippen LogP contribution in [0, 0.1) is 0 Å². The summed E-state index contributed by atoms with van der Waals surface area (Å²) >= 11 is 7.91. The summed E-state index contributed by atoms with van der Waals surface area (Å²) in [6.07, 6.45) is 0. The maximum absolute atomic E-state index is 11.1. The molecule has 0 radical (unpaired) electrons. The lowest BCUT2D eigenvalue weighted by molar-refractivity contribution is -0.138. The van der Waals surface area contributed by atoms with Gasteiger partial charge in [0.2, 0.25) is 0 Å². The lowest BCUT2D eigenvalue weighted by atomic mass is 10.2. The lowest BCUT2D eigenvalue weighted by Crippen LogP contribution is -2.33. The number of ether oxygens (including phenoxy) is 3. The zero-order valence-corrected chi connectivity index (χ0v) is 16.3. The second-order valence-corrected chi connectivity index (χ2v) is 7.36. The Bertz CT molecular complexity index is 789. The van der Waals surface area contributed by atoms with Gasteiger partial charge in [0.1, 0.15) is 25.0 Å². The average Bonchev–Trinajstić information content (AvgIpc) is 3.17. The molecule has 27 heavy (non-hydrogen) atoms. The Hall–Kier alpha value is -2.09. The molecule has 0 saturated carbocycles. The first-order valence-electron chi connectivity index (χ1n) is 8.37. The van der Waals surface area contributed by atoms with Crippen LogP contribution in [0.25, 0.3) is 0 Å². The van der Waals surface area contributed by atoms with Crippen molar-refractivity contribution in [1.82, 2.24) is 5.32 Å². The van der Waals surface area contributed by atoms with E-state index in [4.69, 9.17) is 30.9 Å². The molecule has 2 aromatic rings. The standard InChI is InChI=1S/C19H20ClNO5S/c1-24-16-10-12(18-21-15(11-27-18)19(22)23)9-14(20)17(16)26-8-7-25-13-5-3-2-4-6-13/h2-6,9-10,15,18,21H,7-8,11H2,1H3,(H,22,23). The molecule has 8 heteroatoms. The van der Waals surface area contributed by atoms with Gasteiger partial charge in [-0.3, -0.25) is 10.1 Å². The van der Waals surface area contributed by atoms with E-state index in [1.807, 2.05) is 36.4 Å². The first-order valence-corrected chi connectivity index (χ1v) is 9.79. The topological polar surface area (TPSA) is 77.0 Å². The zero-order chi connectivity index (χ0) is 19.2. The predicted octanol–water partition coefficient (Wildman–Crippen LogP) is 3.59. The van der Waals surface area contributed by atoms with Crippen molar-refractivity contribution in [2.24, 2.45) is 0 Å². The molecular weight excluding hydrogens is 390 g/mol. The normalized spacial score (nSPS) is 18.9. The van der Waals surface area contributed by atoms with Crippen molar-refractivity contribution in [1.29, 1.82) is 0 Å². The quantitative estimate of drug-likeness (QED) is 0.645. The van der Waals surface area contributed by atoms with Gasteiger partial charge in [-0.15, -0.1) is 11.8 Å². The minimum atomic E-state index is -0.860. The zero-order valence-electron chi connectivity index (χ0n) is 14.7. The highest BCUT2D eigenvalue weighted by atomic mass is 35.5. The maximum Gasteiger partial charge on any atom is 0.321 e. The summed E-state index contributed by atoms with van der Waals surface area (Å²) in [5.74, 6) is 1.35. The summed E-state index contributed by atoms with van der Waals surface area (Å²) < 4.78 is 16.8. The number of hydrogen-bond donors (Lipinski definition) is 2. The number of thioether (sulfide) groups is 1. The molecule has 2 unspecified atom stereocenters. The number of para-hydroxylation sites is 1. The Morgan fingerprint density at radius 1 is 1.26 bits per heavy atom. The van der Waals surface area contributed by atoms with Gasteiger partial charge in [0.05, 0.1) is 17.5 Å². The van der Waals surface area contributed by atoms with Crippen LogP contribution >= 0.6 is 23.4 Å². The number of benzene rings is 2. The van der Waals surface area contributed by atoms with Crippen molar-refractivity contribution in [3.8, 4) is 17.2 Å². The molecular formula is C19H20ClNO5S. The Morgan fingerprint density at radius 2 is 2.00 bits per heavy atom. The Balaban J connectivity index is 1.63. The van der Waals surface area contributed by atoms with Crippen LogP contribution in [-0.2, 0) is 4.79 Å². The third kappa shape index (κ3) is 5.00. The monoisotopic (exact) mass is 409 g/mol. The molecule has 144 valence electrons. The van der Waals surface area contributed by atoms with Gasteiger partial charge in [-0.05, 0) is 29.8 Å². The third-order valence-corrected chi connectivity index (χ3v) is 5.52. The number of carboxylic acid groups (broad SMARTS) is 1. The molecule has 0 aromatic heterocycles. The summed E-state index contributed by atoms with van der Waals surface area (Å²) in [7, 11) is 1.54. The van der Waals surface area contributed by atoms with Gasteiger partial charge < -0.3 is 19.3 Å². The summed E-state index contributed by atoms with van der Waals surface area (Å²) in [5, 5.41) is 12.4. The molecule has 0 amide bonds. The molecule has 1 aliphatic rings. The average molecular weight is 410 g/mol. The Labute approximate surface area is 166 Å². The molecule has 1 heterocycles. The van der Waals surface area contributed by atoms with Crippen molar-refractivity contribution in [2.75, 3.05) is 26.1 Å². The van der Waals surface area contributed by atoms with Gasteiger partial charge in [0.15, 0.2) is 11.5 Å². The number of rotatable bonds is 8. The Kier molecular flexibility index (Phi) is 6.71. The highest BCUT2D eigenvalue weighted by molar-refractivity contribution is 7.99. The molecule has 2 atom stereocenters. The van der Waals surface area contributed by atoms with Gasteiger partial charge in [-0.25, -0.2) is 0 Å². The summed E-state index contributed by atoms with van der Waals surface area (Å²) in [4.78, 5) is 11.1. The van der Waals surface area contributed by atoms with Crippen LogP contribution in [-0.4, -0.2) is 43.2 Å². The molecule has 0 bridgehead atoms. The highest BCUT2D eigenvalue weighted by Crippen LogP contribution is 2.41. The number of carbonyl (C=O) groups is 1. The molecule has 1 aliphatic heterocycles. The SMILES string of the molecule is COc1cc(C2NC(C(=O)O)CS2)cc(Cl)c1OCCOc1ccccc1. The summed E-state index contributed by atoms with van der Waals surface area (Å²) in [6.45, 7) is 0.674. The van der Waals surface area contributed by atoms with Gasteiger partial charge in [-0.2, -0.15) is 0 Å². The number of hydrogen-bond acceptors (Lipinski definition) is 6. The first kappa shape index (κ1) is 19.7. The van der Waals surface area contributed by atoms with E-state index in [0.29, 0.717) is 35.5 Å². The van der Waals surface area contributed by atoms with Gasteiger partial charge in [0, 0.05) is 5.75 Å². The van der Waals surface area contributed by atoms with Gasteiger partial charge in [-0.1, -0.05) is 29.8 Å². The fourth-order valence-electron chi connectivity index (χ4n) is 2.66. The van der Waals surface area contributed by atoms with Crippen LogP contribution in [0.2, 0.25) is 5.02 Å². The van der Waals surface area contributed by atoms with E-state index in [0.717, 1.165) is 11.3 Å². The van der Waals surface area contributed by atoms with Crippen molar-refractivity contribution in [3.05, 3.63) is 53.1 Å². The second kappa shape index (κ2) is 9.21. The van der Waals surface area contributed by atoms with E-state index in [1.165, 1.54) is 18.9 Å². The lowest BCUT2D eigenvalue weighted by Gasteiger charge is -2.17. The number of halogens is 1. The minimum Gasteiger partial charge on any atom is -0.493 e. The second-order valence-electron chi connectivity index (χ2n) is 5.81. The van der Waals surface area contributed by atoms with Crippen molar-refractivity contribution >= 4 is 29.3 Å². The van der Waals surface area contributed by atoms with Gasteiger partial charge >= 0.3 is 5.97 Å².